The number of nitrogens with zero attached hydrogens (tertiary/aromatic N) is 7. The Balaban J connectivity index is 0.753. The van der Waals surface area contributed by atoms with E-state index < -0.39 is 35.5 Å². The lowest BCUT2D eigenvalue weighted by Crippen LogP contribution is -2.58. The average Bonchev–Trinajstić information content (AvgIpc) is 3.55. The molecule has 0 radical (unpaired) electrons. The number of hydrogen-bond acceptors (Lipinski definition) is 12. The SMILES string of the molecule is CN(C)C[C@@H]1CN(c2ccc3c(c2)C(=O)N(C2CCC(=O)NC2=O)C3=O)CCN1CC1CCN(c2ccc(C(=O)NC3CCC(Oc4ccc(C#N)c5ncccc45)CC3)cc2F)CC1. The summed E-state index contributed by atoms with van der Waals surface area (Å²) in [5, 5.41) is 15.6. The van der Waals surface area contributed by atoms with E-state index in [-0.39, 0.29) is 48.1 Å². The molecule has 3 saturated heterocycles. The van der Waals surface area contributed by atoms with E-state index in [0.717, 1.165) is 87.2 Å². The fourth-order valence-corrected chi connectivity index (χ4v) is 10.3. The van der Waals surface area contributed by atoms with Crippen LogP contribution in [0.3, 0.4) is 0 Å². The highest BCUT2D eigenvalue weighted by molar-refractivity contribution is 6.23. The van der Waals surface area contributed by atoms with Gasteiger partial charge in [-0.2, -0.15) is 5.26 Å². The van der Waals surface area contributed by atoms with Crippen LogP contribution in [0.5, 0.6) is 5.75 Å². The smallest absolute Gasteiger partial charge is 0.262 e. The summed E-state index contributed by atoms with van der Waals surface area (Å²) < 4.78 is 22.1. The van der Waals surface area contributed by atoms with Gasteiger partial charge in [-0.15, -0.1) is 0 Å². The fourth-order valence-electron chi connectivity index (χ4n) is 10.3. The number of rotatable bonds is 11. The number of imide groups is 2. The molecule has 4 fully saturated rings. The summed E-state index contributed by atoms with van der Waals surface area (Å²) in [7, 11) is 4.12. The van der Waals surface area contributed by atoms with Crippen LogP contribution in [0.15, 0.2) is 66.9 Å². The number of aromatic nitrogens is 1. The van der Waals surface area contributed by atoms with Crippen molar-refractivity contribution >= 4 is 51.8 Å². The molecule has 2 atom stereocenters. The van der Waals surface area contributed by atoms with Crippen LogP contribution in [-0.4, -0.2) is 133 Å². The molecule has 3 aromatic carbocycles. The summed E-state index contributed by atoms with van der Waals surface area (Å²) in [6.07, 6.45) is 6.61. The minimum absolute atomic E-state index is 0.0285. The second-order valence-electron chi connectivity index (χ2n) is 18.3. The van der Waals surface area contributed by atoms with Crippen LogP contribution < -0.4 is 25.2 Å². The van der Waals surface area contributed by atoms with E-state index in [2.05, 4.69) is 55.4 Å². The van der Waals surface area contributed by atoms with Gasteiger partial charge in [0.1, 0.15) is 23.7 Å². The number of nitrogens with one attached hydrogen (secondary N) is 2. The first-order chi connectivity index (χ1) is 31.4. The summed E-state index contributed by atoms with van der Waals surface area (Å²) in [4.78, 5) is 78.8. The van der Waals surface area contributed by atoms with Gasteiger partial charge in [-0.25, -0.2) is 4.39 Å². The van der Waals surface area contributed by atoms with Gasteiger partial charge in [0.25, 0.3) is 17.7 Å². The summed E-state index contributed by atoms with van der Waals surface area (Å²) in [6, 6.07) is 18.7. The number of nitriles is 1. The molecule has 2 N–H and O–H groups in total. The monoisotopic (exact) mass is 883 g/mol. The Bertz CT molecular complexity index is 2560. The van der Waals surface area contributed by atoms with E-state index in [1.165, 1.54) is 6.07 Å². The number of likely N-dealkylation sites (N-methyl/N-ethyl adjacent to an activating group) is 1. The predicted octanol–water partition coefficient (Wildman–Crippen LogP) is 4.74. The number of hydrogen-bond donors (Lipinski definition) is 2. The van der Waals surface area contributed by atoms with Gasteiger partial charge in [0.15, 0.2) is 0 Å². The minimum atomic E-state index is -1.01. The van der Waals surface area contributed by atoms with Crippen molar-refractivity contribution in [1.82, 2.24) is 30.3 Å². The third-order valence-corrected chi connectivity index (χ3v) is 13.8. The molecule has 4 aliphatic heterocycles. The zero-order chi connectivity index (χ0) is 45.4. The topological polar surface area (TPSA) is 172 Å². The van der Waals surface area contributed by atoms with Crippen molar-refractivity contribution in [1.29, 1.82) is 5.26 Å². The van der Waals surface area contributed by atoms with Crippen molar-refractivity contribution in [2.24, 2.45) is 5.92 Å². The normalized spacial score (nSPS) is 23.2. The average molecular weight is 884 g/mol. The summed E-state index contributed by atoms with van der Waals surface area (Å²) in [5.74, 6) is -1.62. The van der Waals surface area contributed by atoms with Gasteiger partial charge in [-0.3, -0.25) is 44.1 Å². The molecule has 1 aliphatic carbocycles. The lowest BCUT2D eigenvalue weighted by atomic mass is 9.92. The molecule has 0 spiro atoms. The predicted molar refractivity (Wildman–Crippen MR) is 241 cm³/mol. The third kappa shape index (κ3) is 9.12. The zero-order valence-corrected chi connectivity index (χ0v) is 36.8. The van der Waals surface area contributed by atoms with Crippen LogP contribution in [0.25, 0.3) is 10.9 Å². The van der Waals surface area contributed by atoms with Crippen LogP contribution in [0.1, 0.15) is 88.0 Å². The molecule has 9 rings (SSSR count). The minimum Gasteiger partial charge on any atom is -0.490 e. The van der Waals surface area contributed by atoms with Crippen molar-refractivity contribution in [3.8, 4) is 11.8 Å². The Morgan fingerprint density at radius 1 is 0.908 bits per heavy atom. The number of carbonyl (C=O) groups excluding carboxylic acids is 5. The Labute approximate surface area is 377 Å². The highest BCUT2D eigenvalue weighted by Gasteiger charge is 2.45. The third-order valence-electron chi connectivity index (χ3n) is 13.8. The summed E-state index contributed by atoms with van der Waals surface area (Å²) in [6.45, 7) is 5.44. The number of ether oxygens (including phenoxy) is 1. The molecule has 0 bridgehead atoms. The molecule has 1 unspecified atom stereocenters. The Hall–Kier alpha value is -6.44. The number of pyridine rings is 1. The lowest BCUT2D eigenvalue weighted by Gasteiger charge is -2.45. The second kappa shape index (κ2) is 18.6. The Morgan fingerprint density at radius 2 is 1.69 bits per heavy atom. The number of anilines is 2. The van der Waals surface area contributed by atoms with Gasteiger partial charge >= 0.3 is 0 Å². The van der Waals surface area contributed by atoms with Gasteiger partial charge < -0.3 is 24.8 Å². The molecule has 4 aromatic rings. The number of benzene rings is 3. The molecule has 15 nitrogen and oxygen atoms in total. The molecule has 1 saturated carbocycles. The number of fused-ring (bicyclic) bond motifs is 2. The zero-order valence-electron chi connectivity index (χ0n) is 36.8. The van der Waals surface area contributed by atoms with E-state index in [0.29, 0.717) is 47.1 Å². The van der Waals surface area contributed by atoms with Crippen LogP contribution in [0, 0.1) is 23.1 Å². The molecule has 1 aromatic heterocycles. The van der Waals surface area contributed by atoms with Gasteiger partial charge in [-0.1, -0.05) is 0 Å². The summed E-state index contributed by atoms with van der Waals surface area (Å²) >= 11 is 0. The van der Waals surface area contributed by atoms with Crippen LogP contribution in [0.4, 0.5) is 15.8 Å². The lowest BCUT2D eigenvalue weighted by molar-refractivity contribution is -0.136. The maximum absolute atomic E-state index is 15.7. The van der Waals surface area contributed by atoms with Crippen molar-refractivity contribution in [3.63, 3.8) is 0 Å². The molecule has 16 heteroatoms. The molecule has 5 aliphatic rings. The number of carbonyl (C=O) groups is 5. The Kier molecular flexibility index (Phi) is 12.5. The molecule has 5 amide bonds. The van der Waals surface area contributed by atoms with Gasteiger partial charge in [-0.05, 0) is 126 Å². The van der Waals surface area contributed by atoms with Crippen LogP contribution in [0.2, 0.25) is 0 Å². The number of piperazine rings is 1. The van der Waals surface area contributed by atoms with E-state index >= 15 is 4.39 Å². The first-order valence-corrected chi connectivity index (χ1v) is 22.7. The maximum atomic E-state index is 15.7. The van der Waals surface area contributed by atoms with Crippen molar-refractivity contribution in [2.45, 2.75) is 75.6 Å². The summed E-state index contributed by atoms with van der Waals surface area (Å²) in [5.41, 5.74) is 3.33. The first-order valence-electron chi connectivity index (χ1n) is 22.7. The van der Waals surface area contributed by atoms with E-state index in [1.54, 1.807) is 36.5 Å². The number of piperidine rings is 2. The second-order valence-corrected chi connectivity index (χ2v) is 18.3. The standard InChI is InChI=1S/C49H54FN9O6/c1-55(2)28-35-29-58(34-9-12-37-39(25-34)49(64)59(48(37)63)42-14-16-44(60)54-47(42)62)23-22-57(35)27-30-17-20-56(21-18-30)41-13-5-31(24-40(41)50)46(61)53-33-7-10-36(11-8-33)65-43-15-6-32(26-51)45-38(43)4-3-19-52-45/h3-6,9,12-13,15,19,24-25,30,33,35-36,42H,7-8,10-11,14,16-18,20-23,27-29H2,1-2H3,(H,53,61)(H,54,60,62)/t33?,35-,36?,42?/m1/s1. The maximum Gasteiger partial charge on any atom is 0.262 e. The van der Waals surface area contributed by atoms with Crippen molar-refractivity contribution in [2.75, 3.05) is 69.7 Å². The molecule has 5 heterocycles. The molecule has 338 valence electrons. The largest absolute Gasteiger partial charge is 0.490 e. The highest BCUT2D eigenvalue weighted by atomic mass is 19.1. The van der Waals surface area contributed by atoms with E-state index in [9.17, 15) is 29.2 Å². The molecular weight excluding hydrogens is 830 g/mol. The van der Waals surface area contributed by atoms with Gasteiger partial charge in [0, 0.05) is 87.2 Å². The molecule has 65 heavy (non-hydrogen) atoms. The van der Waals surface area contributed by atoms with Gasteiger partial charge in [0.05, 0.1) is 34.0 Å². The van der Waals surface area contributed by atoms with Gasteiger partial charge in [0.2, 0.25) is 11.8 Å². The quantitative estimate of drug-likeness (QED) is 0.199. The highest BCUT2D eigenvalue weighted by Crippen LogP contribution is 2.34. The van der Waals surface area contributed by atoms with Crippen molar-refractivity contribution < 1.29 is 33.1 Å². The van der Waals surface area contributed by atoms with Crippen LogP contribution >= 0.6 is 0 Å². The first kappa shape index (κ1) is 43.8. The van der Waals surface area contributed by atoms with E-state index in [1.807, 2.05) is 24.3 Å². The number of halogens is 1. The van der Waals surface area contributed by atoms with Crippen LogP contribution in [-0.2, 0) is 9.59 Å². The van der Waals surface area contributed by atoms with E-state index in [4.69, 9.17) is 4.74 Å². The fraction of sp³-hybridized carbons (Fsp3) is 0.449. The van der Waals surface area contributed by atoms with Crippen molar-refractivity contribution in [3.05, 3.63) is 94.9 Å². The Morgan fingerprint density at radius 3 is 2.43 bits per heavy atom. The molecular formula is C49H54FN9O6. The number of amides is 5.